The molecule has 0 spiro atoms. The van der Waals surface area contributed by atoms with E-state index in [1.54, 1.807) is 30.3 Å². The van der Waals surface area contributed by atoms with Crippen molar-refractivity contribution in [2.24, 2.45) is 23.7 Å². The van der Waals surface area contributed by atoms with Gasteiger partial charge in [-0.05, 0) is 36.3 Å². The van der Waals surface area contributed by atoms with Crippen molar-refractivity contribution in [2.45, 2.75) is 91.8 Å². The first-order chi connectivity index (χ1) is 24.2. The molecular formula is C38H51N5O7S. The molecule has 0 saturated heterocycles. The molecule has 0 bridgehead atoms. The lowest BCUT2D eigenvalue weighted by Gasteiger charge is -2.36. The average Bonchev–Trinajstić information content (AvgIpc) is 3.62. The number of carbonyl (C=O) groups is 5. The van der Waals surface area contributed by atoms with Crippen molar-refractivity contribution < 1.29 is 33.4 Å². The predicted molar refractivity (Wildman–Crippen MR) is 194 cm³/mol. The normalized spacial score (nSPS) is 14.8. The maximum atomic E-state index is 14.1. The van der Waals surface area contributed by atoms with Crippen LogP contribution in [0.3, 0.4) is 0 Å². The number of amides is 2. The zero-order valence-electron chi connectivity index (χ0n) is 30.8. The Balaban J connectivity index is 1.82. The highest BCUT2D eigenvalue weighted by atomic mass is 32.1. The summed E-state index contributed by atoms with van der Waals surface area (Å²) in [6.45, 7) is 10.9. The SMILES string of the molecule is CC[C@H](C)[C@H](CC(=O)c1ncccn1)C(=O)N(C)[C@H](C[C@@H](OC(C)=O)c1nc(C(=O)N[C@@H](Cc2ccccc2)C[C@H](C)C(=O)OC)cs1)C(C)C. The number of benzene rings is 1. The number of ketones is 1. The molecule has 3 rings (SSSR count). The fourth-order valence-corrected chi connectivity index (χ4v) is 6.93. The first kappa shape index (κ1) is 40.9. The molecule has 3 aromatic rings. The summed E-state index contributed by atoms with van der Waals surface area (Å²) in [5.41, 5.74) is 1.15. The summed E-state index contributed by atoms with van der Waals surface area (Å²) in [5.74, 6) is -2.93. The Labute approximate surface area is 304 Å². The summed E-state index contributed by atoms with van der Waals surface area (Å²) in [7, 11) is 3.05. The third kappa shape index (κ3) is 12.0. The van der Waals surface area contributed by atoms with Crippen LogP contribution >= 0.6 is 11.3 Å². The van der Waals surface area contributed by atoms with Gasteiger partial charge < -0.3 is 19.7 Å². The molecule has 0 aliphatic carbocycles. The summed E-state index contributed by atoms with van der Waals surface area (Å²) in [6, 6.07) is 10.5. The predicted octanol–water partition coefficient (Wildman–Crippen LogP) is 5.89. The van der Waals surface area contributed by atoms with Crippen molar-refractivity contribution in [3.63, 3.8) is 0 Å². The molecule has 2 amide bonds. The van der Waals surface area contributed by atoms with E-state index in [0.29, 0.717) is 24.3 Å². The maximum Gasteiger partial charge on any atom is 0.308 e. The zero-order chi connectivity index (χ0) is 37.7. The largest absolute Gasteiger partial charge is 0.469 e. The lowest BCUT2D eigenvalue weighted by atomic mass is 9.85. The number of esters is 2. The van der Waals surface area contributed by atoms with Crippen LogP contribution in [0.1, 0.15) is 105 Å². The minimum Gasteiger partial charge on any atom is -0.469 e. The second-order valence-electron chi connectivity index (χ2n) is 13.4. The van der Waals surface area contributed by atoms with E-state index >= 15 is 0 Å². The van der Waals surface area contributed by atoms with Gasteiger partial charge >= 0.3 is 11.9 Å². The van der Waals surface area contributed by atoms with Gasteiger partial charge in [-0.25, -0.2) is 15.0 Å². The molecule has 51 heavy (non-hydrogen) atoms. The van der Waals surface area contributed by atoms with E-state index in [2.05, 4.69) is 20.3 Å². The van der Waals surface area contributed by atoms with Crippen molar-refractivity contribution in [2.75, 3.05) is 14.2 Å². The number of nitrogens with zero attached hydrogens (tertiary/aromatic N) is 4. The minimum absolute atomic E-state index is 0.0327. The number of rotatable bonds is 19. The Morgan fingerprint density at radius 3 is 2.22 bits per heavy atom. The molecule has 13 heteroatoms. The van der Waals surface area contributed by atoms with E-state index in [1.807, 2.05) is 58.0 Å². The van der Waals surface area contributed by atoms with Crippen LogP contribution in [0.4, 0.5) is 0 Å². The van der Waals surface area contributed by atoms with Crippen LogP contribution in [0.15, 0.2) is 54.2 Å². The molecule has 2 aromatic heterocycles. The quantitative estimate of drug-likeness (QED) is 0.117. The van der Waals surface area contributed by atoms with E-state index in [-0.39, 0.29) is 59.9 Å². The number of carbonyl (C=O) groups excluding carboxylic acids is 5. The molecule has 0 radical (unpaired) electrons. The van der Waals surface area contributed by atoms with Gasteiger partial charge in [0, 0.05) is 62.6 Å². The Morgan fingerprint density at radius 2 is 1.63 bits per heavy atom. The summed E-state index contributed by atoms with van der Waals surface area (Å²) in [5, 5.41) is 5.06. The van der Waals surface area contributed by atoms with E-state index in [9.17, 15) is 24.0 Å². The van der Waals surface area contributed by atoms with E-state index in [4.69, 9.17) is 9.47 Å². The number of Topliss-reactive ketones (excluding diaryl/α,β-unsaturated/α-hetero) is 1. The van der Waals surface area contributed by atoms with E-state index in [1.165, 1.54) is 37.8 Å². The number of aromatic nitrogens is 3. The summed E-state index contributed by atoms with van der Waals surface area (Å²) < 4.78 is 10.7. The Bertz CT molecular complexity index is 1600. The van der Waals surface area contributed by atoms with Gasteiger partial charge in [-0.1, -0.05) is 71.4 Å². The molecule has 0 unspecified atom stereocenters. The smallest absolute Gasteiger partial charge is 0.308 e. The van der Waals surface area contributed by atoms with Gasteiger partial charge in [0.05, 0.1) is 13.0 Å². The second-order valence-corrected chi connectivity index (χ2v) is 14.3. The van der Waals surface area contributed by atoms with E-state index in [0.717, 1.165) is 5.56 Å². The van der Waals surface area contributed by atoms with Crippen LogP contribution < -0.4 is 5.32 Å². The van der Waals surface area contributed by atoms with Crippen LogP contribution in [0.25, 0.3) is 0 Å². The fourth-order valence-electron chi connectivity index (χ4n) is 6.09. The van der Waals surface area contributed by atoms with Crippen LogP contribution in [0, 0.1) is 23.7 Å². The standard InChI is InChI=1S/C38H51N5O7S/c1-9-24(4)29(20-32(45)34-39-16-13-17-40-34)37(47)43(7)31(23(2)3)21-33(50-26(6)44)36-42-30(22-51-36)35(46)41-28(18-25(5)38(48)49-8)19-27-14-11-10-12-15-27/h10-17,22-25,28-29,31,33H,9,18-21H2,1-8H3,(H,41,46)/t24-,25-,28+,29-,31+,33+/m0/s1. The minimum atomic E-state index is -0.836. The van der Waals surface area contributed by atoms with Crippen LogP contribution in [0.5, 0.6) is 0 Å². The topological polar surface area (TPSA) is 158 Å². The Kier molecular flexibility index (Phi) is 15.8. The number of hydrogen-bond acceptors (Lipinski definition) is 11. The van der Waals surface area contributed by atoms with Crippen LogP contribution in [-0.4, -0.2) is 75.6 Å². The lowest BCUT2D eigenvalue weighted by molar-refractivity contribution is -0.149. The fraction of sp³-hybridized carbons (Fsp3) is 0.526. The average molecular weight is 722 g/mol. The van der Waals surface area contributed by atoms with Crippen molar-refractivity contribution in [1.29, 1.82) is 0 Å². The molecule has 0 fully saturated rings. The summed E-state index contributed by atoms with van der Waals surface area (Å²) in [4.78, 5) is 79.6. The molecule has 12 nitrogen and oxygen atoms in total. The Morgan fingerprint density at radius 1 is 0.961 bits per heavy atom. The van der Waals surface area contributed by atoms with Crippen molar-refractivity contribution >= 4 is 40.9 Å². The highest BCUT2D eigenvalue weighted by Gasteiger charge is 2.36. The molecule has 6 atom stereocenters. The van der Waals surface area contributed by atoms with Gasteiger partial charge in [0.2, 0.25) is 11.7 Å². The van der Waals surface area contributed by atoms with Gasteiger partial charge in [-0.2, -0.15) is 0 Å². The molecule has 0 aliphatic heterocycles. The number of thiazole rings is 1. The number of ether oxygens (including phenoxy) is 2. The number of nitrogens with one attached hydrogen (secondary N) is 1. The third-order valence-corrected chi connectivity index (χ3v) is 10.1. The molecule has 1 N–H and O–H groups in total. The highest BCUT2D eigenvalue weighted by Crippen LogP contribution is 2.32. The molecule has 2 heterocycles. The first-order valence-electron chi connectivity index (χ1n) is 17.4. The molecular weight excluding hydrogens is 671 g/mol. The molecule has 1 aromatic carbocycles. The van der Waals surface area contributed by atoms with Crippen molar-refractivity contribution in [1.82, 2.24) is 25.2 Å². The van der Waals surface area contributed by atoms with Crippen LogP contribution in [-0.2, 0) is 30.3 Å². The Hall–Kier alpha value is -4.52. The lowest BCUT2D eigenvalue weighted by Crippen LogP contribution is -2.46. The zero-order valence-corrected chi connectivity index (χ0v) is 31.6. The van der Waals surface area contributed by atoms with Crippen molar-refractivity contribution in [3.8, 4) is 0 Å². The number of hydrogen-bond donors (Lipinski definition) is 1. The molecule has 0 saturated carbocycles. The van der Waals surface area contributed by atoms with Gasteiger partial charge in [0.15, 0.2) is 11.9 Å². The molecule has 0 aliphatic rings. The molecule has 276 valence electrons. The summed E-state index contributed by atoms with van der Waals surface area (Å²) in [6.07, 6.45) is 3.90. The van der Waals surface area contributed by atoms with Gasteiger partial charge in [-0.3, -0.25) is 24.0 Å². The van der Waals surface area contributed by atoms with Crippen molar-refractivity contribution in [3.05, 3.63) is 76.3 Å². The highest BCUT2D eigenvalue weighted by molar-refractivity contribution is 7.09. The monoisotopic (exact) mass is 721 g/mol. The third-order valence-electron chi connectivity index (χ3n) is 9.18. The van der Waals surface area contributed by atoms with Gasteiger partial charge in [-0.15, -0.1) is 11.3 Å². The second kappa shape index (κ2) is 19.8. The van der Waals surface area contributed by atoms with Gasteiger partial charge in [0.1, 0.15) is 10.7 Å². The maximum absolute atomic E-state index is 14.1. The summed E-state index contributed by atoms with van der Waals surface area (Å²) >= 11 is 1.19. The van der Waals surface area contributed by atoms with Crippen LogP contribution in [0.2, 0.25) is 0 Å². The number of methoxy groups -OCH3 is 1. The van der Waals surface area contributed by atoms with E-state index < -0.39 is 35.9 Å². The first-order valence-corrected chi connectivity index (χ1v) is 18.3. The van der Waals surface area contributed by atoms with Gasteiger partial charge in [0.25, 0.3) is 5.91 Å².